The van der Waals surface area contributed by atoms with Crippen molar-refractivity contribution < 1.29 is 9.59 Å². The molecule has 1 aromatic heterocycles. The summed E-state index contributed by atoms with van der Waals surface area (Å²) in [6.07, 6.45) is 0. The Bertz CT molecular complexity index is 366. The number of carbonyl (C=O) groups is 2. The molecule has 0 aromatic carbocycles. The number of hydrogen-bond acceptors (Lipinski definition) is 6. The number of nitrogens with two attached hydrogens (primary N) is 1. The van der Waals surface area contributed by atoms with Gasteiger partial charge in [-0.1, -0.05) is 36.9 Å². The molecular formula is C8H12N4O2S2. The van der Waals surface area contributed by atoms with Crippen LogP contribution in [0.25, 0.3) is 0 Å². The van der Waals surface area contributed by atoms with Crippen LogP contribution in [0.5, 0.6) is 0 Å². The fourth-order valence-corrected chi connectivity index (χ4v) is 2.70. The van der Waals surface area contributed by atoms with Crippen LogP contribution in [0.15, 0.2) is 9.85 Å². The molecule has 0 fully saturated rings. The third-order valence-electron chi connectivity index (χ3n) is 1.68. The van der Waals surface area contributed by atoms with Crippen molar-refractivity contribution >= 4 is 35.0 Å². The summed E-state index contributed by atoms with van der Waals surface area (Å²) in [7, 11) is 0. The van der Waals surface area contributed by atoms with Crippen molar-refractivity contribution in [1.82, 2.24) is 15.5 Å². The summed E-state index contributed by atoms with van der Waals surface area (Å²) in [6, 6.07) is -0.839. The molecule has 0 aliphatic rings. The number of nitrogens with one attached hydrogen (secondary N) is 1. The number of hydrogen-bond donors (Lipinski definition) is 2. The minimum atomic E-state index is -0.839. The number of imide groups is 1. The first-order chi connectivity index (χ1) is 7.50. The molecule has 1 aromatic rings. The summed E-state index contributed by atoms with van der Waals surface area (Å²) >= 11 is 2.63. The Morgan fingerprint density at radius 1 is 1.56 bits per heavy atom. The summed E-state index contributed by atoms with van der Waals surface area (Å²) in [5.74, 6) is -0.337. The first-order valence-corrected chi connectivity index (χ1v) is 6.29. The highest BCUT2D eigenvalue weighted by atomic mass is 32.2. The number of aromatic nitrogens is 2. The maximum absolute atomic E-state index is 11.6. The van der Waals surface area contributed by atoms with Crippen LogP contribution in [-0.4, -0.2) is 27.4 Å². The van der Waals surface area contributed by atoms with E-state index >= 15 is 0 Å². The molecule has 0 saturated carbocycles. The number of amides is 3. The molecule has 3 amide bonds. The summed E-state index contributed by atoms with van der Waals surface area (Å²) in [6.45, 7) is 3.78. The van der Waals surface area contributed by atoms with E-state index in [-0.39, 0.29) is 5.92 Å². The molecule has 0 spiro atoms. The van der Waals surface area contributed by atoms with E-state index in [1.807, 2.05) is 13.8 Å². The van der Waals surface area contributed by atoms with Crippen molar-refractivity contribution in [1.29, 1.82) is 0 Å². The topological polar surface area (TPSA) is 98.0 Å². The van der Waals surface area contributed by atoms with Crippen molar-refractivity contribution in [3.8, 4) is 0 Å². The molecule has 8 heteroatoms. The molecule has 0 unspecified atom stereocenters. The van der Waals surface area contributed by atoms with Crippen LogP contribution < -0.4 is 11.1 Å². The van der Waals surface area contributed by atoms with Gasteiger partial charge in [0.05, 0.1) is 5.25 Å². The Balaban J connectivity index is 2.67. The van der Waals surface area contributed by atoms with E-state index in [0.29, 0.717) is 4.34 Å². The number of rotatable bonds is 4. The van der Waals surface area contributed by atoms with E-state index in [1.165, 1.54) is 23.1 Å². The molecule has 0 radical (unpaired) electrons. The second-order valence-electron chi connectivity index (χ2n) is 3.34. The first-order valence-electron chi connectivity index (χ1n) is 4.54. The van der Waals surface area contributed by atoms with Gasteiger partial charge in [0.15, 0.2) is 4.34 Å². The average molecular weight is 260 g/mol. The Morgan fingerprint density at radius 2 is 2.25 bits per heavy atom. The molecule has 3 N–H and O–H groups in total. The average Bonchev–Trinajstić information content (AvgIpc) is 2.64. The van der Waals surface area contributed by atoms with Crippen molar-refractivity contribution in [3.63, 3.8) is 0 Å². The van der Waals surface area contributed by atoms with Gasteiger partial charge in [-0.3, -0.25) is 10.1 Å². The van der Waals surface area contributed by atoms with Gasteiger partial charge in [0.25, 0.3) is 0 Å². The van der Waals surface area contributed by atoms with Crippen LogP contribution >= 0.6 is 23.1 Å². The normalized spacial score (nSPS) is 12.4. The SMILES string of the molecule is CC(C)[C@@H](Sc1nncs1)C(=O)NC(N)=O. The first kappa shape index (κ1) is 12.9. The van der Waals surface area contributed by atoms with Crippen LogP contribution in [0, 0.1) is 5.92 Å². The second kappa shape index (κ2) is 5.80. The third kappa shape index (κ3) is 3.78. The molecule has 16 heavy (non-hydrogen) atoms. The van der Waals surface area contributed by atoms with Gasteiger partial charge >= 0.3 is 6.03 Å². The molecule has 0 bridgehead atoms. The van der Waals surface area contributed by atoms with E-state index in [2.05, 4.69) is 15.5 Å². The molecule has 6 nitrogen and oxygen atoms in total. The fourth-order valence-electron chi connectivity index (χ4n) is 1.01. The van der Waals surface area contributed by atoms with Gasteiger partial charge in [-0.2, -0.15) is 0 Å². The number of primary amides is 1. The highest BCUT2D eigenvalue weighted by Gasteiger charge is 2.25. The molecule has 1 heterocycles. The molecule has 1 rings (SSSR count). The van der Waals surface area contributed by atoms with Gasteiger partial charge in [-0.25, -0.2) is 4.79 Å². The van der Waals surface area contributed by atoms with Gasteiger partial charge in [0, 0.05) is 0 Å². The zero-order chi connectivity index (χ0) is 12.1. The molecule has 88 valence electrons. The van der Waals surface area contributed by atoms with Gasteiger partial charge < -0.3 is 5.73 Å². The van der Waals surface area contributed by atoms with Gasteiger partial charge in [-0.15, -0.1) is 10.2 Å². The Kier molecular flexibility index (Phi) is 4.69. The number of nitrogens with zero attached hydrogens (tertiary/aromatic N) is 2. The summed E-state index contributed by atoms with van der Waals surface area (Å²) < 4.78 is 0.693. The van der Waals surface area contributed by atoms with Gasteiger partial charge in [0.1, 0.15) is 5.51 Å². The number of carbonyl (C=O) groups excluding carboxylic acids is 2. The van der Waals surface area contributed by atoms with E-state index in [9.17, 15) is 9.59 Å². The quantitative estimate of drug-likeness (QED) is 0.782. The zero-order valence-corrected chi connectivity index (χ0v) is 10.5. The molecular weight excluding hydrogens is 248 g/mol. The standard InChI is InChI=1S/C8H12N4O2S2/c1-4(2)5(6(13)11-7(9)14)16-8-12-10-3-15-8/h3-5H,1-2H3,(H3,9,11,13,14)/t5-/m1/s1. The van der Waals surface area contributed by atoms with Crippen molar-refractivity contribution in [2.24, 2.45) is 11.7 Å². The summed E-state index contributed by atoms with van der Waals surface area (Å²) in [5.41, 5.74) is 6.49. The van der Waals surface area contributed by atoms with Crippen molar-refractivity contribution in [3.05, 3.63) is 5.51 Å². The van der Waals surface area contributed by atoms with E-state index in [4.69, 9.17) is 5.73 Å². The van der Waals surface area contributed by atoms with Crippen LogP contribution in [0.3, 0.4) is 0 Å². The van der Waals surface area contributed by atoms with Crippen LogP contribution in [0.4, 0.5) is 4.79 Å². The maximum atomic E-state index is 11.6. The predicted octanol–water partition coefficient (Wildman–Crippen LogP) is 0.850. The highest BCUT2D eigenvalue weighted by Crippen LogP contribution is 2.28. The van der Waals surface area contributed by atoms with Crippen molar-refractivity contribution in [2.75, 3.05) is 0 Å². The number of urea groups is 1. The Morgan fingerprint density at radius 3 is 2.69 bits per heavy atom. The Labute approximate surface area is 101 Å². The van der Waals surface area contributed by atoms with E-state index in [1.54, 1.807) is 5.51 Å². The minimum Gasteiger partial charge on any atom is -0.351 e. The predicted molar refractivity (Wildman–Crippen MR) is 62.1 cm³/mol. The molecule has 0 aliphatic carbocycles. The van der Waals surface area contributed by atoms with Crippen LogP contribution in [-0.2, 0) is 4.79 Å². The monoisotopic (exact) mass is 260 g/mol. The second-order valence-corrected chi connectivity index (χ2v) is 5.56. The smallest absolute Gasteiger partial charge is 0.318 e. The van der Waals surface area contributed by atoms with Crippen LogP contribution in [0.2, 0.25) is 0 Å². The van der Waals surface area contributed by atoms with Gasteiger partial charge in [-0.05, 0) is 5.92 Å². The summed E-state index contributed by atoms with van der Waals surface area (Å²) in [4.78, 5) is 22.2. The minimum absolute atomic E-state index is 0.0632. The lowest BCUT2D eigenvalue weighted by Gasteiger charge is -2.16. The van der Waals surface area contributed by atoms with E-state index < -0.39 is 17.2 Å². The van der Waals surface area contributed by atoms with Crippen LogP contribution in [0.1, 0.15) is 13.8 Å². The van der Waals surface area contributed by atoms with E-state index in [0.717, 1.165) is 0 Å². The molecule has 0 saturated heterocycles. The maximum Gasteiger partial charge on any atom is 0.318 e. The lowest BCUT2D eigenvalue weighted by atomic mass is 10.1. The van der Waals surface area contributed by atoms with Gasteiger partial charge in [0.2, 0.25) is 5.91 Å². The molecule has 1 atom stereocenters. The zero-order valence-electron chi connectivity index (χ0n) is 8.84. The van der Waals surface area contributed by atoms with Crippen molar-refractivity contribution in [2.45, 2.75) is 23.4 Å². The highest BCUT2D eigenvalue weighted by molar-refractivity contribution is 8.02. The third-order valence-corrected chi connectivity index (χ3v) is 4.03. The lowest BCUT2D eigenvalue weighted by molar-refractivity contribution is -0.120. The largest absolute Gasteiger partial charge is 0.351 e. The fraction of sp³-hybridized carbons (Fsp3) is 0.500. The summed E-state index contributed by atoms with van der Waals surface area (Å²) in [5, 5.41) is 9.18. The lowest BCUT2D eigenvalue weighted by Crippen LogP contribution is -2.42. The molecule has 0 aliphatic heterocycles. The Hall–Kier alpha value is -1.15. The number of thioether (sulfide) groups is 1.